The van der Waals surface area contributed by atoms with Crippen LogP contribution < -0.4 is 5.32 Å². The molecule has 0 spiro atoms. The smallest absolute Gasteiger partial charge is 0.252 e. The molecule has 2 aromatic carbocycles. The van der Waals surface area contributed by atoms with Gasteiger partial charge in [0, 0.05) is 25.1 Å². The summed E-state index contributed by atoms with van der Waals surface area (Å²) in [6.07, 6.45) is 3.79. The van der Waals surface area contributed by atoms with E-state index in [1.54, 1.807) is 12.3 Å². The van der Waals surface area contributed by atoms with Crippen LogP contribution in [0.1, 0.15) is 34.3 Å². The Labute approximate surface area is 192 Å². The highest BCUT2D eigenvalue weighted by Crippen LogP contribution is 2.25. The molecule has 0 saturated carbocycles. The molecule has 1 fully saturated rings. The summed E-state index contributed by atoms with van der Waals surface area (Å²) in [5.41, 5.74) is 4.12. The van der Waals surface area contributed by atoms with E-state index in [4.69, 9.17) is 13.9 Å². The van der Waals surface area contributed by atoms with Crippen LogP contribution in [0.5, 0.6) is 0 Å². The van der Waals surface area contributed by atoms with Crippen molar-refractivity contribution in [3.8, 4) is 11.5 Å². The molecule has 1 aliphatic rings. The molecule has 6 nitrogen and oxygen atoms in total. The van der Waals surface area contributed by atoms with E-state index < -0.39 is 0 Å². The van der Waals surface area contributed by atoms with Crippen molar-refractivity contribution >= 4 is 16.8 Å². The topological polar surface area (TPSA) is 73.6 Å². The molecular weight excluding hydrogens is 416 g/mol. The lowest BCUT2D eigenvalue weighted by atomic mass is 10.1. The molecule has 0 radical (unpaired) electrons. The number of furan rings is 1. The van der Waals surface area contributed by atoms with Gasteiger partial charge in [0.15, 0.2) is 5.76 Å². The van der Waals surface area contributed by atoms with Crippen LogP contribution in [0, 0.1) is 0 Å². The number of fused-ring (bicyclic) bond motifs is 1. The molecule has 0 unspecified atom stereocenters. The number of carbonyl (C=O) groups is 1. The molecular formula is C27H26N2O4. The standard InChI is InChI=1S/C27H26N2O4/c30-27(23-16-25(26-6-3-13-32-26)29-24-5-2-1-4-22(23)24)28-17-19-7-9-20(10-8-19)18-33-21-11-14-31-15-12-21/h1-10,13,16,21H,11-12,14-15,17-18H2,(H,28,30). The van der Waals surface area contributed by atoms with Crippen LogP contribution in [0.25, 0.3) is 22.4 Å². The predicted octanol–water partition coefficient (Wildman–Crippen LogP) is 5.12. The van der Waals surface area contributed by atoms with Crippen molar-refractivity contribution < 1.29 is 18.7 Å². The molecule has 2 aromatic heterocycles. The zero-order valence-corrected chi connectivity index (χ0v) is 18.3. The van der Waals surface area contributed by atoms with E-state index in [9.17, 15) is 4.79 Å². The highest BCUT2D eigenvalue weighted by atomic mass is 16.5. The first kappa shape index (κ1) is 21.4. The van der Waals surface area contributed by atoms with Crippen molar-refractivity contribution in [2.24, 2.45) is 0 Å². The Morgan fingerprint density at radius 1 is 1.00 bits per heavy atom. The van der Waals surface area contributed by atoms with Crippen molar-refractivity contribution in [3.05, 3.63) is 89.7 Å². The number of nitrogens with zero attached hydrogens (tertiary/aromatic N) is 1. The van der Waals surface area contributed by atoms with E-state index in [0.29, 0.717) is 30.2 Å². The molecule has 6 heteroatoms. The van der Waals surface area contributed by atoms with Gasteiger partial charge in [0.25, 0.3) is 5.91 Å². The van der Waals surface area contributed by atoms with Crippen LogP contribution >= 0.6 is 0 Å². The van der Waals surface area contributed by atoms with Crippen LogP contribution in [0.4, 0.5) is 0 Å². The van der Waals surface area contributed by atoms with Crippen molar-refractivity contribution in [2.75, 3.05) is 13.2 Å². The largest absolute Gasteiger partial charge is 0.463 e. The average Bonchev–Trinajstić information content (AvgIpc) is 3.42. The van der Waals surface area contributed by atoms with Crippen LogP contribution in [0.15, 0.2) is 77.4 Å². The predicted molar refractivity (Wildman–Crippen MR) is 126 cm³/mol. The number of hydrogen-bond acceptors (Lipinski definition) is 5. The number of carbonyl (C=O) groups excluding carboxylic acids is 1. The third-order valence-corrected chi connectivity index (χ3v) is 5.86. The van der Waals surface area contributed by atoms with E-state index in [1.807, 2.05) is 48.5 Å². The van der Waals surface area contributed by atoms with Crippen molar-refractivity contribution in [2.45, 2.75) is 32.1 Å². The second-order valence-electron chi connectivity index (χ2n) is 8.17. The number of amides is 1. The zero-order chi connectivity index (χ0) is 22.5. The minimum atomic E-state index is -0.145. The van der Waals surface area contributed by atoms with Crippen molar-refractivity contribution in [1.29, 1.82) is 0 Å². The SMILES string of the molecule is O=C(NCc1ccc(COC2CCOCC2)cc1)c1cc(-c2ccco2)nc2ccccc12. The number of hydrogen-bond donors (Lipinski definition) is 1. The Balaban J connectivity index is 1.25. The number of aromatic nitrogens is 1. The number of rotatable bonds is 7. The molecule has 1 N–H and O–H groups in total. The molecule has 33 heavy (non-hydrogen) atoms. The highest BCUT2D eigenvalue weighted by Gasteiger charge is 2.16. The van der Waals surface area contributed by atoms with Crippen molar-refractivity contribution in [3.63, 3.8) is 0 Å². The fourth-order valence-corrected chi connectivity index (χ4v) is 4.00. The van der Waals surface area contributed by atoms with E-state index in [-0.39, 0.29) is 12.0 Å². The third kappa shape index (κ3) is 5.13. The number of benzene rings is 2. The third-order valence-electron chi connectivity index (χ3n) is 5.86. The summed E-state index contributed by atoms with van der Waals surface area (Å²) in [6, 6.07) is 21.2. The molecule has 168 valence electrons. The van der Waals surface area contributed by atoms with E-state index in [0.717, 1.165) is 48.1 Å². The van der Waals surface area contributed by atoms with E-state index in [1.165, 1.54) is 0 Å². The number of nitrogens with one attached hydrogen (secondary N) is 1. The Bertz CT molecular complexity index is 1210. The fourth-order valence-electron chi connectivity index (χ4n) is 4.00. The first-order valence-corrected chi connectivity index (χ1v) is 11.3. The second kappa shape index (κ2) is 9.98. The number of para-hydroxylation sites is 1. The maximum Gasteiger partial charge on any atom is 0.252 e. The Kier molecular flexibility index (Phi) is 6.46. The molecule has 4 aromatic rings. The maximum absolute atomic E-state index is 13.1. The van der Waals surface area contributed by atoms with Gasteiger partial charge < -0.3 is 19.2 Å². The van der Waals surface area contributed by atoms with Crippen LogP contribution in [-0.2, 0) is 22.6 Å². The average molecular weight is 443 g/mol. The summed E-state index contributed by atoms with van der Waals surface area (Å²) in [7, 11) is 0. The van der Waals surface area contributed by atoms with E-state index >= 15 is 0 Å². The summed E-state index contributed by atoms with van der Waals surface area (Å²) in [4.78, 5) is 17.7. The van der Waals surface area contributed by atoms with Gasteiger partial charge in [-0.3, -0.25) is 4.79 Å². The number of pyridine rings is 1. The van der Waals surface area contributed by atoms with Crippen LogP contribution in [0.3, 0.4) is 0 Å². The molecule has 0 aliphatic carbocycles. The summed E-state index contributed by atoms with van der Waals surface area (Å²) >= 11 is 0. The monoisotopic (exact) mass is 442 g/mol. The highest BCUT2D eigenvalue weighted by molar-refractivity contribution is 6.07. The molecule has 1 saturated heterocycles. The summed E-state index contributed by atoms with van der Waals surface area (Å²) in [5.74, 6) is 0.488. The van der Waals surface area contributed by atoms with Crippen LogP contribution in [0.2, 0.25) is 0 Å². The lowest BCUT2D eigenvalue weighted by Gasteiger charge is -2.22. The first-order valence-electron chi connectivity index (χ1n) is 11.3. The van der Waals surface area contributed by atoms with Gasteiger partial charge in [-0.05, 0) is 48.2 Å². The van der Waals surface area contributed by atoms with Gasteiger partial charge in [0.1, 0.15) is 5.69 Å². The Morgan fingerprint density at radius 2 is 1.79 bits per heavy atom. The quantitative estimate of drug-likeness (QED) is 0.430. The first-order chi connectivity index (χ1) is 16.3. The fraction of sp³-hybridized carbons (Fsp3) is 0.259. The molecule has 0 atom stereocenters. The van der Waals surface area contributed by atoms with Gasteiger partial charge in [-0.1, -0.05) is 42.5 Å². The maximum atomic E-state index is 13.1. The van der Waals surface area contributed by atoms with E-state index in [2.05, 4.69) is 22.4 Å². The molecule has 1 aliphatic heterocycles. The summed E-state index contributed by atoms with van der Waals surface area (Å²) in [6.45, 7) is 2.58. The summed E-state index contributed by atoms with van der Waals surface area (Å²) in [5, 5.41) is 3.85. The Hall–Kier alpha value is -3.48. The normalized spacial score (nSPS) is 14.4. The molecule has 3 heterocycles. The Morgan fingerprint density at radius 3 is 2.58 bits per heavy atom. The number of ether oxygens (including phenoxy) is 2. The van der Waals surface area contributed by atoms with Gasteiger partial charge in [0.05, 0.1) is 30.1 Å². The second-order valence-corrected chi connectivity index (χ2v) is 8.17. The zero-order valence-electron chi connectivity index (χ0n) is 18.3. The minimum absolute atomic E-state index is 0.145. The molecule has 1 amide bonds. The molecule has 5 rings (SSSR count). The van der Waals surface area contributed by atoms with Crippen LogP contribution in [-0.4, -0.2) is 30.2 Å². The van der Waals surface area contributed by atoms with Gasteiger partial charge in [-0.15, -0.1) is 0 Å². The van der Waals surface area contributed by atoms with Crippen molar-refractivity contribution in [1.82, 2.24) is 10.3 Å². The van der Waals surface area contributed by atoms with Gasteiger partial charge in [-0.25, -0.2) is 4.98 Å². The minimum Gasteiger partial charge on any atom is -0.463 e. The lowest BCUT2D eigenvalue weighted by molar-refractivity contribution is -0.0390. The van der Waals surface area contributed by atoms with Gasteiger partial charge >= 0.3 is 0 Å². The van der Waals surface area contributed by atoms with Gasteiger partial charge in [-0.2, -0.15) is 0 Å². The molecule has 0 bridgehead atoms. The van der Waals surface area contributed by atoms with Gasteiger partial charge in [0.2, 0.25) is 0 Å². The lowest BCUT2D eigenvalue weighted by Crippen LogP contribution is -2.23. The summed E-state index contributed by atoms with van der Waals surface area (Å²) < 4.78 is 16.8.